The number of hydrogen-bond acceptors (Lipinski definition) is 6. The molecule has 0 radical (unpaired) electrons. The molecule has 0 aliphatic heterocycles. The summed E-state index contributed by atoms with van der Waals surface area (Å²) in [4.78, 5) is 7.87. The van der Waals surface area contributed by atoms with Crippen molar-refractivity contribution in [1.82, 2.24) is 9.97 Å². The summed E-state index contributed by atoms with van der Waals surface area (Å²) in [5.41, 5.74) is 2.02. The number of halogens is 3. The molecule has 2 heterocycles. The molecule has 2 aromatic rings. The molecular formula is C16H20Cl3N2NaO2S2. The van der Waals surface area contributed by atoms with E-state index in [9.17, 15) is 0 Å². The number of methoxy groups -OCH3 is 2. The van der Waals surface area contributed by atoms with Crippen molar-refractivity contribution in [3.63, 3.8) is 0 Å². The van der Waals surface area contributed by atoms with E-state index < -0.39 is 0 Å². The van der Waals surface area contributed by atoms with Crippen LogP contribution in [0.1, 0.15) is 11.1 Å². The van der Waals surface area contributed by atoms with E-state index in [1.807, 2.05) is 12.3 Å². The van der Waals surface area contributed by atoms with Crippen LogP contribution in [0, 0.1) is 0 Å². The van der Waals surface area contributed by atoms with Gasteiger partial charge in [0, 0.05) is 24.0 Å². The topological polar surface area (TPSA) is 44.2 Å². The normalized spacial score (nSPS) is 8.92. The minimum atomic E-state index is 0. The SMILES string of the molecule is COc1cc(CCl)cnc1Cl.COc1cc(CSC)cnc1Cl.C[S-].[Na+]. The van der Waals surface area contributed by atoms with Crippen LogP contribution in [-0.4, -0.2) is 36.7 Å². The Morgan fingerprint density at radius 2 is 1.38 bits per heavy atom. The number of alkyl halides is 1. The van der Waals surface area contributed by atoms with E-state index in [-0.39, 0.29) is 29.6 Å². The van der Waals surface area contributed by atoms with Gasteiger partial charge in [0.15, 0.2) is 21.8 Å². The van der Waals surface area contributed by atoms with E-state index in [1.165, 1.54) is 0 Å². The molecule has 0 saturated carbocycles. The Hall–Kier alpha value is 0.470. The fourth-order valence-corrected chi connectivity index (χ4v) is 2.54. The van der Waals surface area contributed by atoms with Gasteiger partial charge in [-0.05, 0) is 29.5 Å². The maximum absolute atomic E-state index is 5.75. The van der Waals surface area contributed by atoms with Crippen molar-refractivity contribution in [2.75, 3.05) is 26.7 Å². The molecule has 0 unspecified atom stereocenters. The number of thioether (sulfide) groups is 1. The first kappa shape index (κ1) is 28.7. The van der Waals surface area contributed by atoms with Gasteiger partial charge >= 0.3 is 29.6 Å². The van der Waals surface area contributed by atoms with Crippen LogP contribution < -0.4 is 39.0 Å². The van der Waals surface area contributed by atoms with Gasteiger partial charge in [0.1, 0.15) is 0 Å². The molecule has 0 aromatic carbocycles. The largest absolute Gasteiger partial charge is 1.00 e. The van der Waals surface area contributed by atoms with Crippen LogP contribution in [0.2, 0.25) is 10.3 Å². The number of aromatic nitrogens is 2. The summed E-state index contributed by atoms with van der Waals surface area (Å²) in [5.74, 6) is 2.55. The first-order chi connectivity index (χ1) is 12.0. The van der Waals surface area contributed by atoms with Gasteiger partial charge in [0.25, 0.3) is 0 Å². The molecule has 0 saturated heterocycles. The van der Waals surface area contributed by atoms with Gasteiger partial charge in [-0.15, -0.1) is 11.6 Å². The smallest absolute Gasteiger partial charge is 0.796 e. The maximum atomic E-state index is 5.75. The standard InChI is InChI=1S/C8H10ClNOS.C7H7Cl2NO.CH4S.Na/c1-11-7-3-6(5-12-2)4-10-8(7)9;1-11-6-2-5(3-8)4-10-7(6)9;1-2;/h3-4H,5H2,1-2H3;2,4H,3H2,1H3;2H,1H3;/q;;;+1/p-1. The van der Waals surface area contributed by atoms with Crippen LogP contribution in [0.4, 0.5) is 0 Å². The summed E-state index contributed by atoms with van der Waals surface area (Å²) in [6, 6.07) is 3.67. The van der Waals surface area contributed by atoms with Crippen LogP contribution in [-0.2, 0) is 24.3 Å². The average Bonchev–Trinajstić information content (AvgIpc) is 2.66. The van der Waals surface area contributed by atoms with E-state index in [1.54, 1.807) is 50.7 Å². The van der Waals surface area contributed by atoms with Gasteiger partial charge in [-0.3, -0.25) is 0 Å². The second-order valence-corrected chi connectivity index (χ2v) is 6.09. The minimum Gasteiger partial charge on any atom is -0.796 e. The maximum Gasteiger partial charge on any atom is 1.00 e. The monoisotopic (exact) mass is 464 g/mol. The summed E-state index contributed by atoms with van der Waals surface area (Å²) in [6.07, 6.45) is 7.01. The Labute approximate surface area is 202 Å². The van der Waals surface area contributed by atoms with Crippen LogP contribution in [0.5, 0.6) is 11.5 Å². The molecule has 140 valence electrons. The molecule has 2 aromatic heterocycles. The molecule has 2 rings (SSSR count). The third kappa shape index (κ3) is 10.7. The third-order valence-corrected chi connectivity index (χ3v) is 4.13. The molecule has 0 fully saturated rings. The van der Waals surface area contributed by atoms with E-state index in [0.29, 0.717) is 27.7 Å². The Morgan fingerprint density at radius 3 is 1.77 bits per heavy atom. The molecule has 0 bridgehead atoms. The van der Waals surface area contributed by atoms with Crippen molar-refractivity contribution in [3.8, 4) is 11.5 Å². The first-order valence-corrected chi connectivity index (χ1v) is 10.4. The van der Waals surface area contributed by atoms with E-state index in [2.05, 4.69) is 22.6 Å². The second kappa shape index (κ2) is 17.6. The van der Waals surface area contributed by atoms with Crippen LogP contribution in [0.15, 0.2) is 24.5 Å². The Kier molecular flexibility index (Phi) is 19.4. The summed E-state index contributed by atoms with van der Waals surface area (Å²) in [6.45, 7) is 0. The number of rotatable bonds is 5. The van der Waals surface area contributed by atoms with Gasteiger partial charge in [-0.2, -0.15) is 18.0 Å². The number of pyridine rings is 2. The van der Waals surface area contributed by atoms with Gasteiger partial charge in [-0.25, -0.2) is 9.97 Å². The molecule has 0 spiro atoms. The van der Waals surface area contributed by atoms with Crippen molar-refractivity contribution in [1.29, 1.82) is 0 Å². The predicted molar refractivity (Wildman–Crippen MR) is 112 cm³/mol. The van der Waals surface area contributed by atoms with Crippen LogP contribution in [0.25, 0.3) is 0 Å². The summed E-state index contributed by atoms with van der Waals surface area (Å²) < 4.78 is 9.96. The van der Waals surface area contributed by atoms with Crippen molar-refractivity contribution in [2.24, 2.45) is 0 Å². The number of nitrogens with zero attached hydrogens (tertiary/aromatic N) is 2. The van der Waals surface area contributed by atoms with E-state index >= 15 is 0 Å². The summed E-state index contributed by atoms with van der Waals surface area (Å²) in [5, 5.41) is 0.781. The molecule has 0 aliphatic rings. The second-order valence-electron chi connectivity index (χ2n) is 4.24. The molecule has 0 atom stereocenters. The summed E-state index contributed by atoms with van der Waals surface area (Å²) in [7, 11) is 3.13. The predicted octanol–water partition coefficient (Wildman–Crippen LogP) is 2.26. The van der Waals surface area contributed by atoms with Gasteiger partial charge < -0.3 is 22.1 Å². The fraction of sp³-hybridized carbons (Fsp3) is 0.375. The molecule has 0 amide bonds. The third-order valence-electron chi connectivity index (χ3n) is 2.63. The van der Waals surface area contributed by atoms with E-state index in [4.69, 9.17) is 44.3 Å². The van der Waals surface area contributed by atoms with Gasteiger partial charge in [-0.1, -0.05) is 23.2 Å². The average molecular weight is 466 g/mol. The van der Waals surface area contributed by atoms with Gasteiger partial charge in [0.2, 0.25) is 0 Å². The number of hydrogen-bond donors (Lipinski definition) is 0. The first-order valence-electron chi connectivity index (χ1n) is 6.88. The van der Waals surface area contributed by atoms with Crippen molar-refractivity contribution in [3.05, 3.63) is 46.0 Å². The fourth-order valence-electron chi connectivity index (χ4n) is 1.54. The Morgan fingerprint density at radius 1 is 0.962 bits per heavy atom. The zero-order valence-electron chi connectivity index (χ0n) is 15.4. The molecule has 10 heteroatoms. The van der Waals surface area contributed by atoms with Crippen LogP contribution >= 0.6 is 46.6 Å². The Bertz CT molecular complexity index is 640. The van der Waals surface area contributed by atoms with Crippen molar-refractivity contribution < 1.29 is 39.0 Å². The number of ether oxygens (including phenoxy) is 2. The Balaban J connectivity index is 0. The van der Waals surface area contributed by atoms with Crippen molar-refractivity contribution >= 4 is 59.2 Å². The minimum absolute atomic E-state index is 0. The molecule has 4 nitrogen and oxygen atoms in total. The molecule has 26 heavy (non-hydrogen) atoms. The van der Waals surface area contributed by atoms with Crippen molar-refractivity contribution in [2.45, 2.75) is 11.6 Å². The molecular weight excluding hydrogens is 446 g/mol. The zero-order chi connectivity index (χ0) is 19.2. The quantitative estimate of drug-likeness (QED) is 0.292. The zero-order valence-corrected chi connectivity index (χ0v) is 21.3. The van der Waals surface area contributed by atoms with Crippen LogP contribution in [0.3, 0.4) is 0 Å². The summed E-state index contributed by atoms with van der Waals surface area (Å²) >= 11 is 22.8. The van der Waals surface area contributed by atoms with Gasteiger partial charge in [0.05, 0.1) is 14.2 Å². The molecule has 0 N–H and O–H groups in total. The van der Waals surface area contributed by atoms with E-state index in [0.717, 1.165) is 16.9 Å². The molecule has 0 aliphatic carbocycles.